The number of carbonyl (C=O) groups is 1. The van der Waals surface area contributed by atoms with Crippen LogP contribution in [-0.4, -0.2) is 23.7 Å². The van der Waals surface area contributed by atoms with Crippen molar-refractivity contribution < 1.29 is 4.79 Å². The van der Waals surface area contributed by atoms with E-state index in [1.807, 2.05) is 30.3 Å². The summed E-state index contributed by atoms with van der Waals surface area (Å²) in [4.78, 5) is 14.6. The van der Waals surface area contributed by atoms with E-state index in [0.717, 1.165) is 24.0 Å². The van der Waals surface area contributed by atoms with E-state index in [4.69, 9.17) is 0 Å². The van der Waals surface area contributed by atoms with Crippen molar-refractivity contribution in [3.63, 3.8) is 0 Å². The quantitative estimate of drug-likeness (QED) is 0.538. The molecule has 1 heterocycles. The maximum absolute atomic E-state index is 12.0. The van der Waals surface area contributed by atoms with Gasteiger partial charge >= 0.3 is 0 Å². The number of anilines is 1. The average molecular weight is 392 g/mol. The maximum atomic E-state index is 12.0. The minimum absolute atomic E-state index is 0.0656. The molecule has 2 aromatic rings. The van der Waals surface area contributed by atoms with Gasteiger partial charge in [0.25, 0.3) is 0 Å². The molecule has 1 aliphatic rings. The zero-order valence-electron chi connectivity index (χ0n) is 18.3. The van der Waals surface area contributed by atoms with Gasteiger partial charge in [-0.15, -0.1) is 0 Å². The smallest absolute Gasteiger partial charge is 0.240 e. The first-order valence-corrected chi connectivity index (χ1v) is 10.6. The van der Waals surface area contributed by atoms with Crippen molar-refractivity contribution in [2.45, 2.75) is 71.4 Å². The lowest BCUT2D eigenvalue weighted by atomic mass is 9.79. The molecular formula is C25H33N3O. The Morgan fingerprint density at radius 2 is 1.97 bits per heavy atom. The van der Waals surface area contributed by atoms with Crippen molar-refractivity contribution in [1.29, 1.82) is 0 Å². The van der Waals surface area contributed by atoms with Gasteiger partial charge in [0.05, 0.1) is 6.21 Å². The highest BCUT2D eigenvalue weighted by molar-refractivity contribution is 5.84. The van der Waals surface area contributed by atoms with Crippen LogP contribution < -0.4 is 10.3 Å². The topological polar surface area (TPSA) is 44.7 Å². The van der Waals surface area contributed by atoms with Crippen LogP contribution in [0.2, 0.25) is 0 Å². The number of carbonyl (C=O) groups excluding carboxylic acids is 1. The van der Waals surface area contributed by atoms with Crippen LogP contribution >= 0.6 is 0 Å². The molecular weight excluding hydrogens is 358 g/mol. The summed E-state index contributed by atoms with van der Waals surface area (Å²) in [5, 5.41) is 4.17. The van der Waals surface area contributed by atoms with Gasteiger partial charge in [-0.3, -0.25) is 4.79 Å². The summed E-state index contributed by atoms with van der Waals surface area (Å²) in [6, 6.07) is 17.0. The molecule has 0 bridgehead atoms. The summed E-state index contributed by atoms with van der Waals surface area (Å²) in [5.41, 5.74) is 7.64. The molecule has 0 aliphatic carbocycles. The summed E-state index contributed by atoms with van der Waals surface area (Å²) in [6.07, 6.45) is 4.02. The molecule has 0 spiro atoms. The lowest BCUT2D eigenvalue weighted by Gasteiger charge is -2.50. The summed E-state index contributed by atoms with van der Waals surface area (Å²) in [7, 11) is 0. The number of hydrazone groups is 1. The molecule has 1 amide bonds. The second-order valence-electron chi connectivity index (χ2n) is 8.98. The summed E-state index contributed by atoms with van der Waals surface area (Å²) in [6.45, 7) is 11.5. The fourth-order valence-corrected chi connectivity index (χ4v) is 4.67. The van der Waals surface area contributed by atoms with Gasteiger partial charge in [-0.1, -0.05) is 43.3 Å². The predicted molar refractivity (Wildman–Crippen MR) is 122 cm³/mol. The second-order valence-corrected chi connectivity index (χ2v) is 8.98. The van der Waals surface area contributed by atoms with Crippen molar-refractivity contribution in [2.75, 3.05) is 4.90 Å². The van der Waals surface area contributed by atoms with Crippen molar-refractivity contribution in [1.82, 2.24) is 5.43 Å². The van der Waals surface area contributed by atoms with Gasteiger partial charge in [-0.05, 0) is 75.3 Å². The van der Waals surface area contributed by atoms with Crippen molar-refractivity contribution >= 4 is 17.8 Å². The van der Waals surface area contributed by atoms with E-state index in [1.165, 1.54) is 11.3 Å². The fourth-order valence-electron chi connectivity index (χ4n) is 4.67. The number of fused-ring (bicyclic) bond motifs is 1. The highest BCUT2D eigenvalue weighted by atomic mass is 16.2. The van der Waals surface area contributed by atoms with Gasteiger partial charge in [0, 0.05) is 23.7 Å². The molecule has 4 nitrogen and oxygen atoms in total. The number of aryl methyl sites for hydroxylation is 1. The van der Waals surface area contributed by atoms with E-state index in [1.54, 1.807) is 6.21 Å². The van der Waals surface area contributed by atoms with E-state index in [0.29, 0.717) is 18.4 Å². The van der Waals surface area contributed by atoms with Gasteiger partial charge in [-0.25, -0.2) is 5.43 Å². The molecule has 0 unspecified atom stereocenters. The normalized spacial score (nSPS) is 18.1. The first kappa shape index (κ1) is 21.1. The Morgan fingerprint density at radius 3 is 2.66 bits per heavy atom. The number of nitrogens with one attached hydrogen (secondary N) is 1. The van der Waals surface area contributed by atoms with E-state index < -0.39 is 0 Å². The highest BCUT2D eigenvalue weighted by Crippen LogP contribution is 2.44. The van der Waals surface area contributed by atoms with Crippen LogP contribution in [0, 0.1) is 0 Å². The van der Waals surface area contributed by atoms with E-state index in [9.17, 15) is 4.79 Å². The van der Waals surface area contributed by atoms with E-state index in [2.05, 4.69) is 68.2 Å². The van der Waals surface area contributed by atoms with Crippen molar-refractivity contribution in [2.24, 2.45) is 5.10 Å². The molecule has 1 N–H and O–H groups in total. The van der Waals surface area contributed by atoms with E-state index in [-0.39, 0.29) is 11.4 Å². The summed E-state index contributed by atoms with van der Waals surface area (Å²) >= 11 is 0. The average Bonchev–Trinajstić information content (AvgIpc) is 2.66. The minimum Gasteiger partial charge on any atom is -0.364 e. The molecule has 154 valence electrons. The zero-order chi connectivity index (χ0) is 21.0. The molecule has 29 heavy (non-hydrogen) atoms. The SMILES string of the molecule is CC(C)N1c2ccc(/C=N/NC(=O)CCc3ccccc3)cc2[C@H](C)CC1(C)C. The Labute approximate surface area is 175 Å². The Balaban J connectivity index is 1.65. The van der Waals surface area contributed by atoms with Crippen LogP contribution in [0.3, 0.4) is 0 Å². The molecule has 1 atom stereocenters. The monoisotopic (exact) mass is 391 g/mol. The zero-order valence-corrected chi connectivity index (χ0v) is 18.3. The summed E-state index contributed by atoms with van der Waals surface area (Å²) in [5.74, 6) is 0.424. The summed E-state index contributed by atoms with van der Waals surface area (Å²) < 4.78 is 0. The van der Waals surface area contributed by atoms with Crippen LogP contribution in [0.1, 0.15) is 70.1 Å². The number of benzene rings is 2. The largest absolute Gasteiger partial charge is 0.364 e. The van der Waals surface area contributed by atoms with Gasteiger partial charge in [0.2, 0.25) is 5.91 Å². The molecule has 2 aromatic carbocycles. The number of hydrogen-bond acceptors (Lipinski definition) is 3. The number of hydrogen-bond donors (Lipinski definition) is 1. The highest BCUT2D eigenvalue weighted by Gasteiger charge is 2.37. The maximum Gasteiger partial charge on any atom is 0.240 e. The molecule has 0 radical (unpaired) electrons. The molecule has 1 aliphatic heterocycles. The Hall–Kier alpha value is -2.62. The first-order valence-electron chi connectivity index (χ1n) is 10.6. The lowest BCUT2D eigenvalue weighted by molar-refractivity contribution is -0.121. The third kappa shape index (κ3) is 5.06. The van der Waals surface area contributed by atoms with Crippen molar-refractivity contribution in [3.8, 4) is 0 Å². The number of nitrogens with zero attached hydrogens (tertiary/aromatic N) is 2. The molecule has 0 saturated heterocycles. The second kappa shape index (κ2) is 8.81. The van der Waals surface area contributed by atoms with Gasteiger partial charge in [0.1, 0.15) is 0 Å². The van der Waals surface area contributed by atoms with Crippen LogP contribution in [0.5, 0.6) is 0 Å². The van der Waals surface area contributed by atoms with Crippen LogP contribution in [0.15, 0.2) is 53.6 Å². The Morgan fingerprint density at radius 1 is 1.24 bits per heavy atom. The van der Waals surface area contributed by atoms with Gasteiger partial charge in [0.15, 0.2) is 0 Å². The lowest BCUT2D eigenvalue weighted by Crippen LogP contribution is -2.51. The molecule has 4 heteroatoms. The number of rotatable bonds is 6. The molecule has 3 rings (SSSR count). The van der Waals surface area contributed by atoms with Crippen LogP contribution in [0.4, 0.5) is 5.69 Å². The van der Waals surface area contributed by atoms with Crippen LogP contribution in [-0.2, 0) is 11.2 Å². The van der Waals surface area contributed by atoms with E-state index >= 15 is 0 Å². The number of amides is 1. The fraction of sp³-hybridized carbons (Fsp3) is 0.440. The Kier molecular flexibility index (Phi) is 6.41. The predicted octanol–water partition coefficient (Wildman–Crippen LogP) is 5.27. The standard InChI is InChI=1S/C25H33N3O/c1-18(2)28-23-13-11-21(15-22(23)19(3)16-25(28,4)5)17-26-27-24(29)14-12-20-9-7-6-8-10-20/h6-11,13,15,17-19H,12,14,16H2,1-5H3,(H,27,29)/b26-17+/t19-/m1/s1. The van der Waals surface area contributed by atoms with Crippen LogP contribution in [0.25, 0.3) is 0 Å². The van der Waals surface area contributed by atoms with Gasteiger partial charge < -0.3 is 4.90 Å². The van der Waals surface area contributed by atoms with Crippen molar-refractivity contribution in [3.05, 3.63) is 65.2 Å². The molecule has 0 aromatic heterocycles. The minimum atomic E-state index is -0.0656. The first-order chi connectivity index (χ1) is 13.8. The third-order valence-corrected chi connectivity index (χ3v) is 5.70. The third-order valence-electron chi connectivity index (χ3n) is 5.70. The molecule has 0 saturated carbocycles. The Bertz CT molecular complexity index is 871. The molecule has 0 fully saturated rings. The van der Waals surface area contributed by atoms with Gasteiger partial charge in [-0.2, -0.15) is 5.10 Å².